The number of thiophene rings is 1. The van der Waals surface area contributed by atoms with Crippen LogP contribution in [0.25, 0.3) is 10.1 Å². The second-order valence-electron chi connectivity index (χ2n) is 9.50. The molecular weight excluding hydrogens is 422 g/mol. The maximum Gasteiger partial charge on any atom is 0.325 e. The average Bonchev–Trinajstić information content (AvgIpc) is 3.50. The predicted molar refractivity (Wildman–Crippen MR) is 127 cm³/mol. The number of urea groups is 1. The molecule has 7 heteroatoms. The van der Waals surface area contributed by atoms with Crippen molar-refractivity contribution >= 4 is 33.4 Å². The second-order valence-corrected chi connectivity index (χ2v) is 10.7. The van der Waals surface area contributed by atoms with Gasteiger partial charge in [0.1, 0.15) is 5.54 Å². The van der Waals surface area contributed by atoms with Crippen LogP contribution in [0.2, 0.25) is 0 Å². The number of likely N-dealkylation sites (tertiary alicyclic amines) is 1. The van der Waals surface area contributed by atoms with Crippen molar-refractivity contribution in [2.45, 2.75) is 63.6 Å². The maximum atomic E-state index is 13.6. The number of hydrogen-bond acceptors (Lipinski definition) is 5. The fraction of sp³-hybridized carbons (Fsp3) is 0.600. The Hall–Kier alpha value is -1.96. The molecule has 3 saturated heterocycles. The Labute approximate surface area is 193 Å². The van der Waals surface area contributed by atoms with Gasteiger partial charge in [0.25, 0.3) is 5.91 Å². The summed E-state index contributed by atoms with van der Waals surface area (Å²) in [5, 5.41) is 4.47. The molecule has 1 N–H and O–H groups in total. The summed E-state index contributed by atoms with van der Waals surface area (Å²) in [4.78, 5) is 31.7. The number of rotatable bonds is 7. The van der Waals surface area contributed by atoms with Gasteiger partial charge in [-0.25, -0.2) is 4.79 Å². The molecule has 3 aliphatic heterocycles. The lowest BCUT2D eigenvalue weighted by molar-refractivity contribution is -0.135. The van der Waals surface area contributed by atoms with Gasteiger partial charge in [-0.15, -0.1) is 11.3 Å². The second kappa shape index (κ2) is 9.12. The Balaban J connectivity index is 1.25. The Morgan fingerprint density at radius 1 is 1.19 bits per heavy atom. The van der Waals surface area contributed by atoms with Crippen molar-refractivity contribution in [3.05, 3.63) is 35.2 Å². The zero-order valence-corrected chi connectivity index (χ0v) is 19.7. The highest BCUT2D eigenvalue weighted by Crippen LogP contribution is 2.38. The SMILES string of the molecule is CCC[C@@]1(C2CCN(Cc3cc4ccccc4s3)CC2)NC(=O)N(C[C@@H]2CCCO2)C1=O. The molecule has 2 aromatic rings. The summed E-state index contributed by atoms with van der Waals surface area (Å²) in [6, 6.07) is 10.6. The molecule has 0 aliphatic carbocycles. The summed E-state index contributed by atoms with van der Waals surface area (Å²) in [6.45, 7) is 6.09. The topological polar surface area (TPSA) is 61.9 Å². The number of nitrogens with zero attached hydrogens (tertiary/aromatic N) is 2. The van der Waals surface area contributed by atoms with Crippen LogP contribution in [0.3, 0.4) is 0 Å². The highest BCUT2D eigenvalue weighted by Gasteiger charge is 2.55. The van der Waals surface area contributed by atoms with E-state index in [1.165, 1.54) is 19.9 Å². The van der Waals surface area contributed by atoms with Gasteiger partial charge >= 0.3 is 6.03 Å². The first kappa shape index (κ1) is 21.9. The van der Waals surface area contributed by atoms with Crippen molar-refractivity contribution in [3.8, 4) is 0 Å². The number of piperidine rings is 1. The molecule has 0 radical (unpaired) electrons. The standard InChI is InChI=1S/C25H33N3O3S/c1-2-11-25(23(29)28(24(30)26-25)16-20-7-5-14-31-20)19-9-12-27(13-10-19)17-21-15-18-6-3-4-8-22(18)32-21/h3-4,6,8,15,19-20H,2,5,7,9-14,16-17H2,1H3,(H,26,30)/t20-,25-/m0/s1. The van der Waals surface area contributed by atoms with Crippen LogP contribution in [-0.4, -0.2) is 59.6 Å². The van der Waals surface area contributed by atoms with E-state index in [9.17, 15) is 9.59 Å². The van der Waals surface area contributed by atoms with Crippen LogP contribution in [-0.2, 0) is 16.1 Å². The van der Waals surface area contributed by atoms with Gasteiger partial charge in [-0.2, -0.15) is 0 Å². The number of carbonyl (C=O) groups excluding carboxylic acids is 2. The quantitative estimate of drug-likeness (QED) is 0.630. The van der Waals surface area contributed by atoms with Crippen LogP contribution in [0.5, 0.6) is 0 Å². The van der Waals surface area contributed by atoms with Gasteiger partial charge in [-0.1, -0.05) is 31.5 Å². The molecule has 3 amide bonds. The highest BCUT2D eigenvalue weighted by atomic mass is 32.1. The lowest BCUT2D eigenvalue weighted by Crippen LogP contribution is -2.56. The summed E-state index contributed by atoms with van der Waals surface area (Å²) in [5.41, 5.74) is -0.742. The molecule has 0 unspecified atom stereocenters. The molecule has 0 spiro atoms. The van der Waals surface area contributed by atoms with E-state index in [-0.39, 0.29) is 24.0 Å². The number of hydrogen-bond donors (Lipinski definition) is 1. The molecule has 0 bridgehead atoms. The Morgan fingerprint density at radius 2 is 2.00 bits per heavy atom. The monoisotopic (exact) mass is 455 g/mol. The number of benzene rings is 1. The van der Waals surface area contributed by atoms with E-state index in [1.54, 1.807) is 0 Å². The van der Waals surface area contributed by atoms with E-state index in [0.29, 0.717) is 13.0 Å². The molecule has 6 nitrogen and oxygen atoms in total. The minimum Gasteiger partial charge on any atom is -0.376 e. The van der Waals surface area contributed by atoms with Gasteiger partial charge in [0.05, 0.1) is 12.6 Å². The van der Waals surface area contributed by atoms with E-state index in [0.717, 1.165) is 58.3 Å². The van der Waals surface area contributed by atoms with Crippen LogP contribution in [0.4, 0.5) is 4.79 Å². The molecule has 4 heterocycles. The normalized spacial score (nSPS) is 27.5. The predicted octanol–water partition coefficient (Wildman–Crippen LogP) is 4.38. The van der Waals surface area contributed by atoms with Gasteiger partial charge in [0.2, 0.25) is 0 Å². The number of fused-ring (bicyclic) bond motifs is 1. The van der Waals surface area contributed by atoms with E-state index >= 15 is 0 Å². The van der Waals surface area contributed by atoms with Crippen LogP contribution in [0, 0.1) is 5.92 Å². The zero-order chi connectivity index (χ0) is 22.1. The number of amides is 3. The molecule has 2 atom stereocenters. The molecular formula is C25H33N3O3S. The van der Waals surface area contributed by atoms with Gasteiger partial charge in [0.15, 0.2) is 0 Å². The minimum absolute atomic E-state index is 0.00900. The van der Waals surface area contributed by atoms with E-state index < -0.39 is 5.54 Å². The highest BCUT2D eigenvalue weighted by molar-refractivity contribution is 7.19. The molecule has 172 valence electrons. The summed E-state index contributed by atoms with van der Waals surface area (Å²) >= 11 is 1.87. The molecule has 1 aromatic carbocycles. The van der Waals surface area contributed by atoms with Gasteiger partial charge in [-0.3, -0.25) is 14.6 Å². The first-order chi connectivity index (χ1) is 15.6. The van der Waals surface area contributed by atoms with Crippen LogP contribution in [0.1, 0.15) is 50.3 Å². The number of carbonyl (C=O) groups is 2. The van der Waals surface area contributed by atoms with Crippen molar-refractivity contribution in [2.24, 2.45) is 5.92 Å². The number of imide groups is 1. The smallest absolute Gasteiger partial charge is 0.325 e. The van der Waals surface area contributed by atoms with Crippen molar-refractivity contribution in [3.63, 3.8) is 0 Å². The van der Waals surface area contributed by atoms with Gasteiger partial charge in [-0.05, 0) is 68.6 Å². The first-order valence-corrected chi connectivity index (χ1v) is 12.9. The molecule has 3 fully saturated rings. The molecule has 1 aromatic heterocycles. The van der Waals surface area contributed by atoms with E-state index in [2.05, 4.69) is 47.5 Å². The molecule has 5 rings (SSSR count). The molecule has 0 saturated carbocycles. The third-order valence-electron chi connectivity index (χ3n) is 7.40. The van der Waals surface area contributed by atoms with E-state index in [1.807, 2.05) is 11.3 Å². The Kier molecular flexibility index (Phi) is 6.23. The van der Waals surface area contributed by atoms with Crippen molar-refractivity contribution < 1.29 is 14.3 Å². The number of ether oxygens (including phenoxy) is 1. The Morgan fingerprint density at radius 3 is 2.72 bits per heavy atom. The molecule has 32 heavy (non-hydrogen) atoms. The third-order valence-corrected chi connectivity index (χ3v) is 8.50. The fourth-order valence-electron chi connectivity index (χ4n) is 5.77. The largest absolute Gasteiger partial charge is 0.376 e. The first-order valence-electron chi connectivity index (χ1n) is 12.0. The lowest BCUT2D eigenvalue weighted by Gasteiger charge is -2.41. The minimum atomic E-state index is -0.742. The third kappa shape index (κ3) is 4.06. The van der Waals surface area contributed by atoms with Crippen molar-refractivity contribution in [1.29, 1.82) is 0 Å². The van der Waals surface area contributed by atoms with Crippen LogP contribution < -0.4 is 5.32 Å². The van der Waals surface area contributed by atoms with Gasteiger partial charge < -0.3 is 10.1 Å². The summed E-state index contributed by atoms with van der Waals surface area (Å²) in [6.07, 6.45) is 5.38. The molecule has 3 aliphatic rings. The Bertz CT molecular complexity index is 945. The summed E-state index contributed by atoms with van der Waals surface area (Å²) in [5.74, 6) is 0.162. The van der Waals surface area contributed by atoms with Crippen LogP contribution >= 0.6 is 11.3 Å². The fourth-order valence-corrected chi connectivity index (χ4v) is 6.87. The average molecular weight is 456 g/mol. The maximum absolute atomic E-state index is 13.6. The van der Waals surface area contributed by atoms with E-state index in [4.69, 9.17) is 4.74 Å². The number of nitrogens with one attached hydrogen (secondary N) is 1. The zero-order valence-electron chi connectivity index (χ0n) is 18.8. The lowest BCUT2D eigenvalue weighted by atomic mass is 9.74. The summed E-state index contributed by atoms with van der Waals surface area (Å²) < 4.78 is 7.04. The van der Waals surface area contributed by atoms with Gasteiger partial charge in [0, 0.05) is 22.7 Å². The van der Waals surface area contributed by atoms with Crippen molar-refractivity contribution in [2.75, 3.05) is 26.2 Å². The van der Waals surface area contributed by atoms with Crippen LogP contribution in [0.15, 0.2) is 30.3 Å². The van der Waals surface area contributed by atoms with Crippen molar-refractivity contribution in [1.82, 2.24) is 15.1 Å². The summed E-state index contributed by atoms with van der Waals surface area (Å²) in [7, 11) is 0.